The van der Waals surface area contributed by atoms with Crippen LogP contribution in [0.15, 0.2) is 30.2 Å². The summed E-state index contributed by atoms with van der Waals surface area (Å²) in [6, 6.07) is 3.43. The quantitative estimate of drug-likeness (QED) is 0.643. The summed E-state index contributed by atoms with van der Waals surface area (Å²) in [6.07, 6.45) is 4.99. The van der Waals surface area contributed by atoms with E-state index in [4.69, 9.17) is 14.2 Å². The maximum Gasteiger partial charge on any atom is 0.229 e. The van der Waals surface area contributed by atoms with Gasteiger partial charge in [0.25, 0.3) is 0 Å². The van der Waals surface area contributed by atoms with Crippen molar-refractivity contribution in [3.63, 3.8) is 0 Å². The predicted molar refractivity (Wildman–Crippen MR) is 110 cm³/mol. The van der Waals surface area contributed by atoms with Gasteiger partial charge in [-0.25, -0.2) is 9.37 Å². The molecule has 3 N–H and O–H groups in total. The second kappa shape index (κ2) is 8.42. The maximum absolute atomic E-state index is 14.3. The molecule has 0 saturated carbocycles. The van der Waals surface area contributed by atoms with Crippen LogP contribution in [0.3, 0.4) is 0 Å². The molecule has 156 valence electrons. The van der Waals surface area contributed by atoms with E-state index in [1.54, 1.807) is 12.1 Å². The molecule has 29 heavy (non-hydrogen) atoms. The number of allylic oxidation sites excluding steroid dienone is 1. The van der Waals surface area contributed by atoms with E-state index in [2.05, 4.69) is 39.8 Å². The molecule has 0 unspecified atom stereocenters. The molecule has 1 aliphatic rings. The molecule has 0 spiro atoms. The van der Waals surface area contributed by atoms with Crippen molar-refractivity contribution < 1.29 is 18.6 Å². The lowest BCUT2D eigenvalue weighted by atomic mass is 9.95. The highest BCUT2D eigenvalue weighted by Crippen LogP contribution is 2.40. The Morgan fingerprint density at radius 3 is 2.34 bits per heavy atom. The van der Waals surface area contributed by atoms with Crippen molar-refractivity contribution in [1.29, 1.82) is 0 Å². The molecule has 0 amide bonds. The third kappa shape index (κ3) is 4.79. The van der Waals surface area contributed by atoms with E-state index in [9.17, 15) is 4.39 Å². The van der Waals surface area contributed by atoms with E-state index in [1.807, 2.05) is 6.08 Å². The second-order valence-corrected chi connectivity index (χ2v) is 7.22. The first-order valence-electron chi connectivity index (χ1n) is 9.20. The van der Waals surface area contributed by atoms with Crippen LogP contribution in [0.4, 0.5) is 21.8 Å². The van der Waals surface area contributed by atoms with E-state index in [-0.39, 0.29) is 17.3 Å². The Kier molecular flexibility index (Phi) is 5.95. The number of ether oxygens (including phenoxy) is 3. The predicted octanol–water partition coefficient (Wildman–Crippen LogP) is 3.80. The SMILES string of the molecule is COc1cc(Nc2ncc(F)c(NC3=CCCC(C)(C)N3)n2)cc(OC)c1OC. The van der Waals surface area contributed by atoms with Gasteiger partial charge in [0.05, 0.1) is 27.5 Å². The van der Waals surface area contributed by atoms with Gasteiger partial charge >= 0.3 is 0 Å². The average Bonchev–Trinajstić information content (AvgIpc) is 2.69. The third-order valence-electron chi connectivity index (χ3n) is 4.51. The van der Waals surface area contributed by atoms with Gasteiger partial charge in [0.2, 0.25) is 11.7 Å². The Bertz CT molecular complexity index is 892. The number of rotatable bonds is 7. The van der Waals surface area contributed by atoms with Crippen LogP contribution in [-0.4, -0.2) is 36.8 Å². The van der Waals surface area contributed by atoms with Crippen LogP contribution >= 0.6 is 0 Å². The zero-order chi connectivity index (χ0) is 21.0. The molecule has 0 bridgehead atoms. The Morgan fingerprint density at radius 2 is 1.76 bits per heavy atom. The Labute approximate surface area is 169 Å². The smallest absolute Gasteiger partial charge is 0.229 e. The van der Waals surface area contributed by atoms with E-state index >= 15 is 0 Å². The summed E-state index contributed by atoms with van der Waals surface area (Å²) < 4.78 is 30.3. The Balaban J connectivity index is 1.84. The van der Waals surface area contributed by atoms with Crippen LogP contribution in [0.1, 0.15) is 26.7 Å². The summed E-state index contributed by atoms with van der Waals surface area (Å²) in [5, 5.41) is 9.39. The summed E-state index contributed by atoms with van der Waals surface area (Å²) in [7, 11) is 4.59. The number of benzene rings is 1. The average molecular weight is 403 g/mol. The number of nitrogens with zero attached hydrogens (tertiary/aromatic N) is 2. The highest BCUT2D eigenvalue weighted by molar-refractivity contribution is 5.66. The van der Waals surface area contributed by atoms with Gasteiger partial charge in [0.15, 0.2) is 23.1 Å². The van der Waals surface area contributed by atoms with Gasteiger partial charge in [-0.3, -0.25) is 0 Å². The number of hydrogen-bond donors (Lipinski definition) is 3. The molecule has 0 atom stereocenters. The van der Waals surface area contributed by atoms with Crippen LogP contribution in [-0.2, 0) is 0 Å². The number of halogens is 1. The Morgan fingerprint density at radius 1 is 1.07 bits per heavy atom. The summed E-state index contributed by atoms with van der Waals surface area (Å²) in [5.41, 5.74) is 0.533. The van der Waals surface area contributed by atoms with Crippen molar-refractivity contribution >= 4 is 17.5 Å². The number of methoxy groups -OCH3 is 3. The van der Waals surface area contributed by atoms with E-state index < -0.39 is 5.82 Å². The van der Waals surface area contributed by atoms with Crippen LogP contribution < -0.4 is 30.2 Å². The molecule has 2 aromatic rings. The number of aromatic nitrogens is 2. The first-order chi connectivity index (χ1) is 13.8. The summed E-state index contributed by atoms with van der Waals surface area (Å²) >= 11 is 0. The minimum Gasteiger partial charge on any atom is -0.493 e. The van der Waals surface area contributed by atoms with E-state index in [0.717, 1.165) is 24.9 Å². The van der Waals surface area contributed by atoms with Gasteiger partial charge in [-0.05, 0) is 32.8 Å². The molecule has 0 saturated heterocycles. The zero-order valence-electron chi connectivity index (χ0n) is 17.2. The van der Waals surface area contributed by atoms with Gasteiger partial charge in [-0.1, -0.05) is 0 Å². The Hall–Kier alpha value is -3.23. The minimum absolute atomic E-state index is 0.0716. The molecule has 0 aliphatic carbocycles. The molecule has 0 fully saturated rings. The van der Waals surface area contributed by atoms with Gasteiger partial charge in [-0.2, -0.15) is 4.98 Å². The van der Waals surface area contributed by atoms with Crippen molar-refractivity contribution in [2.24, 2.45) is 0 Å². The molecular formula is C20H26FN5O3. The molecule has 1 aromatic heterocycles. The topological polar surface area (TPSA) is 89.6 Å². The molecule has 3 rings (SSSR count). The molecular weight excluding hydrogens is 377 g/mol. The van der Waals surface area contributed by atoms with Crippen LogP contribution in [0, 0.1) is 5.82 Å². The third-order valence-corrected chi connectivity index (χ3v) is 4.51. The highest BCUT2D eigenvalue weighted by atomic mass is 19.1. The van der Waals surface area contributed by atoms with Gasteiger partial charge in [0.1, 0.15) is 5.82 Å². The van der Waals surface area contributed by atoms with Crippen molar-refractivity contribution in [3.05, 3.63) is 36.0 Å². The zero-order valence-corrected chi connectivity index (χ0v) is 17.2. The van der Waals surface area contributed by atoms with Crippen LogP contribution in [0.5, 0.6) is 17.2 Å². The van der Waals surface area contributed by atoms with Crippen molar-refractivity contribution in [2.45, 2.75) is 32.2 Å². The molecule has 1 aromatic carbocycles. The lowest BCUT2D eigenvalue weighted by Gasteiger charge is -2.32. The van der Waals surface area contributed by atoms with Gasteiger partial charge < -0.3 is 30.2 Å². The molecule has 0 radical (unpaired) electrons. The van der Waals surface area contributed by atoms with Crippen molar-refractivity contribution in [1.82, 2.24) is 15.3 Å². The van der Waals surface area contributed by atoms with Crippen molar-refractivity contribution in [3.8, 4) is 17.2 Å². The minimum atomic E-state index is -0.550. The van der Waals surface area contributed by atoms with Crippen LogP contribution in [0.25, 0.3) is 0 Å². The standard InChI is InChI=1S/C20H26FN5O3/c1-20(2)8-6-7-16(26-20)24-18-13(21)11-22-19(25-18)23-12-9-14(27-3)17(29-5)15(10-12)28-4/h7,9-11,26H,6,8H2,1-5H3,(H2,22,23,24,25). The fourth-order valence-electron chi connectivity index (χ4n) is 3.06. The van der Waals surface area contributed by atoms with E-state index in [1.165, 1.54) is 21.3 Å². The van der Waals surface area contributed by atoms with Crippen molar-refractivity contribution in [2.75, 3.05) is 32.0 Å². The van der Waals surface area contributed by atoms with Gasteiger partial charge in [-0.15, -0.1) is 0 Å². The normalized spacial score (nSPS) is 15.0. The molecule has 8 nitrogen and oxygen atoms in total. The highest BCUT2D eigenvalue weighted by Gasteiger charge is 2.22. The van der Waals surface area contributed by atoms with Gasteiger partial charge in [0, 0.05) is 23.4 Å². The fourth-order valence-corrected chi connectivity index (χ4v) is 3.06. The molecule has 9 heteroatoms. The summed E-state index contributed by atoms with van der Waals surface area (Å²) in [5.74, 6) is 1.90. The van der Waals surface area contributed by atoms with Crippen LogP contribution in [0.2, 0.25) is 0 Å². The summed E-state index contributed by atoms with van der Waals surface area (Å²) in [6.45, 7) is 4.19. The number of nitrogens with one attached hydrogen (secondary N) is 3. The maximum atomic E-state index is 14.3. The lowest BCUT2D eigenvalue weighted by Crippen LogP contribution is -2.42. The molecule has 1 aliphatic heterocycles. The monoisotopic (exact) mass is 403 g/mol. The molecule has 2 heterocycles. The van der Waals surface area contributed by atoms with E-state index in [0.29, 0.717) is 22.9 Å². The largest absolute Gasteiger partial charge is 0.493 e. The summed E-state index contributed by atoms with van der Waals surface area (Å²) in [4.78, 5) is 8.28. The number of hydrogen-bond acceptors (Lipinski definition) is 8. The first-order valence-corrected chi connectivity index (χ1v) is 9.20. The number of anilines is 3. The lowest BCUT2D eigenvalue weighted by molar-refractivity contribution is 0.324. The fraction of sp³-hybridized carbons (Fsp3) is 0.400. The first kappa shape index (κ1) is 20.5. The second-order valence-electron chi connectivity index (χ2n) is 7.22.